The minimum Gasteiger partial charge on any atom is -0.376 e. The van der Waals surface area contributed by atoms with E-state index in [9.17, 15) is 9.59 Å². The van der Waals surface area contributed by atoms with Gasteiger partial charge in [0.1, 0.15) is 0 Å². The quantitative estimate of drug-likeness (QED) is 0.579. The first-order valence-electron chi connectivity index (χ1n) is 11.8. The molecule has 0 spiro atoms. The van der Waals surface area contributed by atoms with Crippen LogP contribution in [0.5, 0.6) is 0 Å². The van der Waals surface area contributed by atoms with E-state index in [0.717, 1.165) is 42.5 Å². The highest BCUT2D eigenvalue weighted by Crippen LogP contribution is 2.28. The maximum Gasteiger partial charge on any atom is 0.227 e. The SMILES string of the molecule is CC(=O)c1cc(CC(=O)N(CC2CCN(C3CCCC3)CC2)CC2CCCO2)cs1. The van der Waals surface area contributed by atoms with Crippen LogP contribution < -0.4 is 0 Å². The van der Waals surface area contributed by atoms with Gasteiger partial charge in [-0.15, -0.1) is 11.3 Å². The summed E-state index contributed by atoms with van der Waals surface area (Å²) < 4.78 is 5.85. The highest BCUT2D eigenvalue weighted by Gasteiger charge is 2.30. The van der Waals surface area contributed by atoms with Gasteiger partial charge in [0.25, 0.3) is 0 Å². The fourth-order valence-corrected chi connectivity index (χ4v) is 6.15. The van der Waals surface area contributed by atoms with Crippen LogP contribution in [0.4, 0.5) is 0 Å². The summed E-state index contributed by atoms with van der Waals surface area (Å²) in [6.07, 6.45) is 10.6. The topological polar surface area (TPSA) is 49.9 Å². The fourth-order valence-electron chi connectivity index (χ4n) is 5.33. The van der Waals surface area contributed by atoms with E-state index in [2.05, 4.69) is 9.80 Å². The summed E-state index contributed by atoms with van der Waals surface area (Å²) in [7, 11) is 0. The van der Waals surface area contributed by atoms with Crippen LogP contribution in [0.3, 0.4) is 0 Å². The van der Waals surface area contributed by atoms with Crippen molar-refractivity contribution in [3.63, 3.8) is 0 Å². The molecule has 1 unspecified atom stereocenters. The number of nitrogens with zero attached hydrogens (tertiary/aromatic N) is 2. The predicted molar refractivity (Wildman–Crippen MR) is 120 cm³/mol. The lowest BCUT2D eigenvalue weighted by atomic mass is 9.94. The van der Waals surface area contributed by atoms with E-state index in [-0.39, 0.29) is 17.8 Å². The van der Waals surface area contributed by atoms with Gasteiger partial charge in [-0.25, -0.2) is 0 Å². The van der Waals surface area contributed by atoms with Crippen molar-refractivity contribution in [2.45, 2.75) is 76.9 Å². The third-order valence-corrected chi connectivity index (χ3v) is 8.21. The summed E-state index contributed by atoms with van der Waals surface area (Å²) in [4.78, 5) is 30.3. The molecule has 3 fully saturated rings. The number of Topliss-reactive ketones (excluding diaryl/α,β-unsaturated/α-hetero) is 1. The fraction of sp³-hybridized carbons (Fsp3) is 0.750. The molecular weight excluding hydrogens is 396 g/mol. The first-order chi connectivity index (χ1) is 14.6. The molecule has 1 amide bonds. The predicted octanol–water partition coefficient (Wildman–Crippen LogP) is 4.16. The molecule has 6 heteroatoms. The molecule has 3 aliphatic rings. The van der Waals surface area contributed by atoms with Gasteiger partial charge in [-0.3, -0.25) is 9.59 Å². The number of amides is 1. The third-order valence-electron chi connectivity index (χ3n) is 7.13. The van der Waals surface area contributed by atoms with Crippen LogP contribution in [0.1, 0.15) is 73.5 Å². The largest absolute Gasteiger partial charge is 0.376 e. The number of thiophene rings is 1. The summed E-state index contributed by atoms with van der Waals surface area (Å²) in [5.41, 5.74) is 0.962. The number of rotatable bonds is 8. The molecule has 30 heavy (non-hydrogen) atoms. The average Bonchev–Trinajstić information content (AvgIpc) is 3.50. The molecule has 0 N–H and O–H groups in total. The van der Waals surface area contributed by atoms with Crippen molar-refractivity contribution in [2.24, 2.45) is 5.92 Å². The first-order valence-corrected chi connectivity index (χ1v) is 12.7. The van der Waals surface area contributed by atoms with Crippen molar-refractivity contribution in [2.75, 3.05) is 32.8 Å². The Morgan fingerprint density at radius 3 is 2.50 bits per heavy atom. The minimum absolute atomic E-state index is 0.0731. The maximum atomic E-state index is 13.2. The molecule has 2 saturated heterocycles. The van der Waals surface area contributed by atoms with Gasteiger partial charge in [0, 0.05) is 25.7 Å². The molecule has 1 aliphatic carbocycles. The van der Waals surface area contributed by atoms with E-state index in [1.165, 1.54) is 63.0 Å². The Balaban J connectivity index is 1.34. The molecule has 1 atom stereocenters. The maximum absolute atomic E-state index is 13.2. The smallest absolute Gasteiger partial charge is 0.227 e. The Morgan fingerprint density at radius 2 is 1.87 bits per heavy atom. The molecule has 0 aromatic carbocycles. The van der Waals surface area contributed by atoms with Gasteiger partial charge in [0.15, 0.2) is 5.78 Å². The Labute approximate surface area is 184 Å². The summed E-state index contributed by atoms with van der Waals surface area (Å²) in [6, 6.07) is 2.69. The highest BCUT2D eigenvalue weighted by molar-refractivity contribution is 7.12. The Kier molecular flexibility index (Phi) is 7.60. The van der Waals surface area contributed by atoms with Crippen molar-refractivity contribution in [1.29, 1.82) is 0 Å². The molecule has 0 bridgehead atoms. The molecule has 2 aliphatic heterocycles. The molecule has 0 radical (unpaired) electrons. The lowest BCUT2D eigenvalue weighted by molar-refractivity contribution is -0.133. The molecular formula is C24H36N2O3S. The molecule has 1 aromatic rings. The van der Waals surface area contributed by atoms with E-state index in [1.807, 2.05) is 11.4 Å². The number of hydrogen-bond donors (Lipinski definition) is 0. The number of carbonyl (C=O) groups is 2. The Bertz CT molecular complexity index is 714. The van der Waals surface area contributed by atoms with Crippen LogP contribution >= 0.6 is 11.3 Å². The second-order valence-electron chi connectivity index (χ2n) is 9.40. The molecule has 3 heterocycles. The van der Waals surface area contributed by atoms with Gasteiger partial charge in [-0.1, -0.05) is 12.8 Å². The zero-order chi connectivity index (χ0) is 20.9. The van der Waals surface area contributed by atoms with Gasteiger partial charge in [-0.05, 0) is 81.5 Å². The number of likely N-dealkylation sites (tertiary alicyclic amines) is 1. The van der Waals surface area contributed by atoms with Crippen LogP contribution in [0.15, 0.2) is 11.4 Å². The number of piperidine rings is 1. The lowest BCUT2D eigenvalue weighted by Gasteiger charge is -2.38. The van der Waals surface area contributed by atoms with Crippen LogP contribution in [-0.2, 0) is 16.0 Å². The first kappa shape index (κ1) is 22.0. The highest BCUT2D eigenvalue weighted by atomic mass is 32.1. The second-order valence-corrected chi connectivity index (χ2v) is 10.3. The van der Waals surface area contributed by atoms with Crippen LogP contribution in [0.2, 0.25) is 0 Å². The third kappa shape index (κ3) is 5.71. The van der Waals surface area contributed by atoms with E-state index in [1.54, 1.807) is 6.92 Å². The minimum atomic E-state index is 0.0731. The van der Waals surface area contributed by atoms with Gasteiger partial charge >= 0.3 is 0 Å². The van der Waals surface area contributed by atoms with Crippen LogP contribution in [-0.4, -0.2) is 66.4 Å². The van der Waals surface area contributed by atoms with Crippen molar-refractivity contribution >= 4 is 23.0 Å². The van der Waals surface area contributed by atoms with E-state index in [0.29, 0.717) is 18.9 Å². The van der Waals surface area contributed by atoms with Gasteiger partial charge < -0.3 is 14.5 Å². The number of ether oxygens (including phenoxy) is 1. The van der Waals surface area contributed by atoms with Gasteiger partial charge in [0.2, 0.25) is 5.91 Å². The molecule has 1 aromatic heterocycles. The molecule has 5 nitrogen and oxygen atoms in total. The van der Waals surface area contributed by atoms with Crippen molar-refractivity contribution in [3.8, 4) is 0 Å². The number of ketones is 1. The summed E-state index contributed by atoms with van der Waals surface area (Å²) >= 11 is 1.44. The van der Waals surface area contributed by atoms with E-state index >= 15 is 0 Å². The summed E-state index contributed by atoms with van der Waals surface area (Å²) in [6.45, 7) is 6.33. The number of carbonyl (C=O) groups excluding carboxylic acids is 2. The number of hydrogen-bond acceptors (Lipinski definition) is 5. The standard InChI is InChI=1S/C24H36N2O3S/c1-18(27)23-13-20(17-30-23)14-24(28)26(16-22-7-4-12-29-22)15-19-8-10-25(11-9-19)21-5-2-3-6-21/h13,17,19,21-22H,2-12,14-16H2,1H3. The van der Waals surface area contributed by atoms with Crippen LogP contribution in [0.25, 0.3) is 0 Å². The van der Waals surface area contributed by atoms with Crippen molar-refractivity contribution in [1.82, 2.24) is 9.80 Å². The average molecular weight is 433 g/mol. The molecule has 4 rings (SSSR count). The summed E-state index contributed by atoms with van der Waals surface area (Å²) in [5.74, 6) is 0.837. The zero-order valence-electron chi connectivity index (χ0n) is 18.3. The van der Waals surface area contributed by atoms with Gasteiger partial charge in [0.05, 0.1) is 17.4 Å². The molecule has 1 saturated carbocycles. The normalized spacial score (nSPS) is 23.8. The monoisotopic (exact) mass is 432 g/mol. The second kappa shape index (κ2) is 10.4. The Morgan fingerprint density at radius 1 is 1.10 bits per heavy atom. The van der Waals surface area contributed by atoms with E-state index in [4.69, 9.17) is 4.74 Å². The zero-order valence-corrected chi connectivity index (χ0v) is 19.1. The summed E-state index contributed by atoms with van der Waals surface area (Å²) in [5, 5.41) is 1.96. The van der Waals surface area contributed by atoms with Crippen LogP contribution in [0, 0.1) is 5.92 Å². The van der Waals surface area contributed by atoms with E-state index < -0.39 is 0 Å². The lowest BCUT2D eigenvalue weighted by Crippen LogP contribution is -2.45. The van der Waals surface area contributed by atoms with Crippen molar-refractivity contribution < 1.29 is 14.3 Å². The Hall–Kier alpha value is -1.24. The molecule has 166 valence electrons. The van der Waals surface area contributed by atoms with Crippen molar-refractivity contribution in [3.05, 3.63) is 21.9 Å². The van der Waals surface area contributed by atoms with Gasteiger partial charge in [-0.2, -0.15) is 0 Å².